The van der Waals surface area contributed by atoms with E-state index in [4.69, 9.17) is 4.74 Å². The van der Waals surface area contributed by atoms with Gasteiger partial charge in [-0.1, -0.05) is 19.9 Å². The van der Waals surface area contributed by atoms with Gasteiger partial charge in [-0.3, -0.25) is 4.79 Å². The number of benzene rings is 1. The van der Waals surface area contributed by atoms with Crippen LogP contribution in [0.15, 0.2) is 23.1 Å². The molecule has 0 saturated carbocycles. The van der Waals surface area contributed by atoms with Gasteiger partial charge in [0.15, 0.2) is 0 Å². The quantitative estimate of drug-likeness (QED) is 0.648. The second-order valence-electron chi connectivity index (χ2n) is 5.36. The zero-order valence-corrected chi connectivity index (χ0v) is 14.0. The Kier molecular flexibility index (Phi) is 6.75. The smallest absolute Gasteiger partial charge is 0.328 e. The van der Waals surface area contributed by atoms with Crippen LogP contribution in [0, 0.1) is 12.8 Å². The van der Waals surface area contributed by atoms with Gasteiger partial charge in [0.25, 0.3) is 5.91 Å². The Morgan fingerprint density at radius 3 is 2.52 bits per heavy atom. The van der Waals surface area contributed by atoms with Crippen LogP contribution in [-0.4, -0.2) is 31.3 Å². The van der Waals surface area contributed by atoms with E-state index in [-0.39, 0.29) is 11.8 Å². The third kappa shape index (κ3) is 5.08. The predicted molar refractivity (Wildman–Crippen MR) is 85.7 cm³/mol. The lowest BCUT2D eigenvalue weighted by Crippen LogP contribution is -2.42. The van der Waals surface area contributed by atoms with Crippen molar-refractivity contribution < 1.29 is 14.3 Å². The summed E-state index contributed by atoms with van der Waals surface area (Å²) < 4.78 is 4.76. The number of carbonyl (C=O) groups excluding carboxylic acids is 2. The molecule has 21 heavy (non-hydrogen) atoms. The number of nitrogens with one attached hydrogen (secondary N) is 1. The maximum absolute atomic E-state index is 12.3. The van der Waals surface area contributed by atoms with E-state index in [9.17, 15) is 9.59 Å². The molecule has 1 unspecified atom stereocenters. The molecule has 4 nitrogen and oxygen atoms in total. The Bertz CT molecular complexity index is 514. The minimum atomic E-state index is -0.610. The molecule has 5 heteroatoms. The third-order valence-electron chi connectivity index (χ3n) is 3.17. The highest BCUT2D eigenvalue weighted by Gasteiger charge is 2.23. The molecule has 1 N–H and O–H groups in total. The molecule has 1 aromatic carbocycles. The van der Waals surface area contributed by atoms with Gasteiger partial charge < -0.3 is 10.1 Å². The van der Waals surface area contributed by atoms with Crippen molar-refractivity contribution in [3.63, 3.8) is 0 Å². The first kappa shape index (κ1) is 17.6. The minimum Gasteiger partial charge on any atom is -0.467 e. The summed E-state index contributed by atoms with van der Waals surface area (Å²) >= 11 is 1.60. The summed E-state index contributed by atoms with van der Waals surface area (Å²) in [7, 11) is 1.33. The van der Waals surface area contributed by atoms with Crippen LogP contribution in [0.1, 0.15) is 36.2 Å². The average Bonchev–Trinajstić information content (AvgIpc) is 2.45. The Hall–Kier alpha value is -1.49. The van der Waals surface area contributed by atoms with Gasteiger partial charge in [0.1, 0.15) is 6.04 Å². The molecule has 0 heterocycles. The molecule has 0 aliphatic carbocycles. The number of thioether (sulfide) groups is 1. The first-order chi connectivity index (χ1) is 9.88. The van der Waals surface area contributed by atoms with E-state index in [2.05, 4.69) is 5.32 Å². The van der Waals surface area contributed by atoms with Crippen molar-refractivity contribution in [2.45, 2.75) is 38.1 Å². The number of aryl methyl sites for hydroxylation is 1. The second kappa shape index (κ2) is 8.08. The van der Waals surface area contributed by atoms with Crippen LogP contribution < -0.4 is 5.32 Å². The van der Waals surface area contributed by atoms with Crippen molar-refractivity contribution in [3.8, 4) is 0 Å². The number of rotatable bonds is 6. The molecule has 0 radical (unpaired) electrons. The summed E-state index contributed by atoms with van der Waals surface area (Å²) in [6, 6.07) is 4.92. The molecule has 1 amide bonds. The fourth-order valence-corrected chi connectivity index (χ4v) is 2.67. The number of hydrogen-bond acceptors (Lipinski definition) is 4. The number of ether oxygens (including phenoxy) is 1. The van der Waals surface area contributed by atoms with Gasteiger partial charge in [-0.25, -0.2) is 4.79 Å². The first-order valence-electron chi connectivity index (χ1n) is 6.92. The van der Waals surface area contributed by atoms with Gasteiger partial charge in [-0.15, -0.1) is 11.8 Å². The van der Waals surface area contributed by atoms with E-state index in [1.807, 2.05) is 39.2 Å². The fourth-order valence-electron chi connectivity index (χ4n) is 2.03. The molecular formula is C16H23NO3S. The van der Waals surface area contributed by atoms with Gasteiger partial charge in [-0.2, -0.15) is 0 Å². The summed E-state index contributed by atoms with van der Waals surface area (Å²) in [6.07, 6.45) is 2.53. The maximum Gasteiger partial charge on any atom is 0.328 e. The summed E-state index contributed by atoms with van der Waals surface area (Å²) in [5, 5.41) is 2.76. The van der Waals surface area contributed by atoms with Gasteiger partial charge >= 0.3 is 5.97 Å². The lowest BCUT2D eigenvalue weighted by Gasteiger charge is -2.18. The molecule has 0 aliphatic heterocycles. The van der Waals surface area contributed by atoms with Gasteiger partial charge in [-0.05, 0) is 43.2 Å². The van der Waals surface area contributed by atoms with Crippen molar-refractivity contribution in [1.29, 1.82) is 0 Å². The van der Waals surface area contributed by atoms with Crippen molar-refractivity contribution >= 4 is 23.6 Å². The van der Waals surface area contributed by atoms with Crippen molar-refractivity contribution in [2.75, 3.05) is 13.4 Å². The van der Waals surface area contributed by atoms with Crippen LogP contribution in [0.4, 0.5) is 0 Å². The summed E-state index contributed by atoms with van der Waals surface area (Å²) in [5.74, 6) is -0.371. The zero-order valence-electron chi connectivity index (χ0n) is 13.2. The standard InChI is InChI=1S/C16H23NO3S/c1-10(2)8-13(16(19)20-4)17-15(18)12-7-6-11(3)14(9-12)21-5/h6-7,9-10,13H,8H2,1-5H3,(H,17,18). The molecule has 116 valence electrons. The van der Waals surface area contributed by atoms with E-state index in [0.29, 0.717) is 12.0 Å². The van der Waals surface area contributed by atoms with E-state index in [1.54, 1.807) is 17.8 Å². The van der Waals surface area contributed by atoms with Crippen LogP contribution >= 0.6 is 11.8 Å². The Morgan fingerprint density at radius 1 is 1.33 bits per heavy atom. The summed E-state index contributed by atoms with van der Waals surface area (Å²) in [4.78, 5) is 25.1. The third-order valence-corrected chi connectivity index (χ3v) is 4.05. The molecule has 1 aromatic rings. The molecule has 0 saturated heterocycles. The summed E-state index contributed by atoms with van der Waals surface area (Å²) in [6.45, 7) is 6.00. The minimum absolute atomic E-state index is 0.249. The molecule has 1 atom stereocenters. The van der Waals surface area contributed by atoms with E-state index < -0.39 is 12.0 Å². The highest BCUT2D eigenvalue weighted by molar-refractivity contribution is 7.98. The largest absolute Gasteiger partial charge is 0.467 e. The van der Waals surface area contributed by atoms with Crippen LogP contribution in [0.25, 0.3) is 0 Å². The van der Waals surface area contributed by atoms with Crippen LogP contribution in [-0.2, 0) is 9.53 Å². The molecule has 0 fully saturated rings. The lowest BCUT2D eigenvalue weighted by atomic mass is 10.0. The first-order valence-corrected chi connectivity index (χ1v) is 8.14. The topological polar surface area (TPSA) is 55.4 Å². The van der Waals surface area contributed by atoms with Gasteiger partial charge in [0.05, 0.1) is 7.11 Å². The molecule has 0 spiro atoms. The normalized spacial score (nSPS) is 12.1. The van der Waals surface area contributed by atoms with Crippen molar-refractivity contribution in [1.82, 2.24) is 5.32 Å². The Labute approximate surface area is 130 Å². The van der Waals surface area contributed by atoms with Crippen LogP contribution in [0.3, 0.4) is 0 Å². The fraction of sp³-hybridized carbons (Fsp3) is 0.500. The van der Waals surface area contributed by atoms with Crippen LogP contribution in [0.5, 0.6) is 0 Å². The number of methoxy groups -OCH3 is 1. The molecule has 0 bridgehead atoms. The van der Waals surface area contributed by atoms with Gasteiger partial charge in [0.2, 0.25) is 0 Å². The summed E-state index contributed by atoms with van der Waals surface area (Å²) in [5.41, 5.74) is 1.69. The molecule has 0 aromatic heterocycles. The number of hydrogen-bond donors (Lipinski definition) is 1. The molecular weight excluding hydrogens is 286 g/mol. The van der Waals surface area contributed by atoms with Crippen molar-refractivity contribution in [2.24, 2.45) is 5.92 Å². The molecule has 0 aliphatic rings. The van der Waals surface area contributed by atoms with E-state index in [1.165, 1.54) is 7.11 Å². The zero-order chi connectivity index (χ0) is 16.0. The maximum atomic E-state index is 12.3. The van der Waals surface area contributed by atoms with Crippen molar-refractivity contribution in [3.05, 3.63) is 29.3 Å². The second-order valence-corrected chi connectivity index (χ2v) is 6.21. The average molecular weight is 309 g/mol. The SMILES string of the molecule is COC(=O)C(CC(C)C)NC(=O)c1ccc(C)c(SC)c1. The number of carbonyl (C=O) groups is 2. The van der Waals surface area contributed by atoms with E-state index >= 15 is 0 Å². The highest BCUT2D eigenvalue weighted by Crippen LogP contribution is 2.21. The Balaban J connectivity index is 2.88. The lowest BCUT2D eigenvalue weighted by molar-refractivity contribution is -0.143. The van der Waals surface area contributed by atoms with E-state index in [0.717, 1.165) is 10.5 Å². The number of esters is 1. The van der Waals surface area contributed by atoms with Crippen LogP contribution in [0.2, 0.25) is 0 Å². The monoisotopic (exact) mass is 309 g/mol. The van der Waals surface area contributed by atoms with Gasteiger partial charge in [0, 0.05) is 10.5 Å². The predicted octanol–water partition coefficient (Wildman–Crippen LogP) is 3.03. The Morgan fingerprint density at radius 2 is 2.00 bits per heavy atom. The highest BCUT2D eigenvalue weighted by atomic mass is 32.2. The number of amides is 1. The molecule has 1 rings (SSSR count).